The maximum atomic E-state index is 13.2. The predicted octanol–water partition coefficient (Wildman–Crippen LogP) is 2.91. The molecule has 1 N–H and O–H groups in total. The number of aromatic hydroxyl groups is 1. The van der Waals surface area contributed by atoms with Crippen molar-refractivity contribution < 1.29 is 9.50 Å². The second kappa shape index (κ2) is 4.83. The van der Waals surface area contributed by atoms with E-state index in [-0.39, 0.29) is 5.75 Å². The molecule has 0 bridgehead atoms. The molecular weight excluding hydrogens is 205 g/mol. The van der Waals surface area contributed by atoms with Crippen molar-refractivity contribution in [3.05, 3.63) is 29.6 Å². The Morgan fingerprint density at radius 2 is 2.25 bits per heavy atom. The summed E-state index contributed by atoms with van der Waals surface area (Å²) in [6.45, 7) is 3.87. The Kier molecular flexibility index (Phi) is 3.44. The van der Waals surface area contributed by atoms with Crippen molar-refractivity contribution in [1.29, 1.82) is 0 Å². The molecule has 2 nitrogen and oxygen atoms in total. The molecule has 0 aromatic heterocycles. The van der Waals surface area contributed by atoms with Crippen molar-refractivity contribution >= 4 is 0 Å². The molecule has 88 valence electrons. The van der Waals surface area contributed by atoms with E-state index in [1.54, 1.807) is 12.1 Å². The second-order valence-electron chi connectivity index (χ2n) is 4.56. The van der Waals surface area contributed by atoms with Gasteiger partial charge in [0.2, 0.25) is 0 Å². The Morgan fingerprint density at radius 1 is 1.44 bits per heavy atom. The van der Waals surface area contributed by atoms with E-state index in [2.05, 4.69) is 11.8 Å². The Hall–Kier alpha value is -1.09. The average molecular weight is 223 g/mol. The van der Waals surface area contributed by atoms with Gasteiger partial charge >= 0.3 is 0 Å². The minimum atomic E-state index is -0.526. The summed E-state index contributed by atoms with van der Waals surface area (Å²) in [5.74, 6) is -0.720. The minimum absolute atomic E-state index is 0.194. The lowest BCUT2D eigenvalue weighted by molar-refractivity contribution is 0.151. The highest BCUT2D eigenvalue weighted by atomic mass is 19.1. The van der Waals surface area contributed by atoms with Crippen molar-refractivity contribution in [2.45, 2.75) is 38.8 Å². The molecule has 2 rings (SSSR count). The summed E-state index contributed by atoms with van der Waals surface area (Å²) in [6.07, 6.45) is 3.66. The van der Waals surface area contributed by atoms with Crippen LogP contribution in [-0.2, 0) is 6.54 Å². The van der Waals surface area contributed by atoms with Gasteiger partial charge < -0.3 is 5.11 Å². The number of likely N-dealkylation sites (tertiary alicyclic amines) is 1. The van der Waals surface area contributed by atoms with Crippen molar-refractivity contribution in [2.24, 2.45) is 0 Å². The number of benzene rings is 1. The lowest BCUT2D eigenvalue weighted by atomic mass is 10.0. The number of piperidine rings is 1. The summed E-state index contributed by atoms with van der Waals surface area (Å²) >= 11 is 0. The van der Waals surface area contributed by atoms with Crippen LogP contribution in [0.4, 0.5) is 4.39 Å². The summed E-state index contributed by atoms with van der Waals surface area (Å²) < 4.78 is 13.2. The zero-order chi connectivity index (χ0) is 11.5. The molecule has 1 fully saturated rings. The smallest absolute Gasteiger partial charge is 0.165 e. The van der Waals surface area contributed by atoms with Crippen molar-refractivity contribution in [1.82, 2.24) is 4.90 Å². The number of hydrogen-bond acceptors (Lipinski definition) is 2. The van der Waals surface area contributed by atoms with E-state index in [1.165, 1.54) is 25.3 Å². The Balaban J connectivity index is 2.10. The fourth-order valence-corrected chi connectivity index (χ4v) is 2.30. The Labute approximate surface area is 95.7 Å². The monoisotopic (exact) mass is 223 g/mol. The first kappa shape index (κ1) is 11.4. The summed E-state index contributed by atoms with van der Waals surface area (Å²) in [5, 5.41) is 9.61. The van der Waals surface area contributed by atoms with Crippen LogP contribution in [0, 0.1) is 5.82 Å². The van der Waals surface area contributed by atoms with Crippen molar-refractivity contribution in [3.8, 4) is 5.75 Å². The summed E-state index contributed by atoms with van der Waals surface area (Å²) in [7, 11) is 0. The number of para-hydroxylation sites is 1. The molecule has 0 saturated carbocycles. The fourth-order valence-electron chi connectivity index (χ4n) is 2.30. The first-order valence-electron chi connectivity index (χ1n) is 5.89. The van der Waals surface area contributed by atoms with Gasteiger partial charge in [0.25, 0.3) is 0 Å². The lowest BCUT2D eigenvalue weighted by Crippen LogP contribution is -2.36. The highest BCUT2D eigenvalue weighted by molar-refractivity contribution is 5.33. The van der Waals surface area contributed by atoms with Gasteiger partial charge in [-0.3, -0.25) is 4.90 Å². The van der Waals surface area contributed by atoms with Crippen LogP contribution in [0.3, 0.4) is 0 Å². The molecule has 3 heteroatoms. The van der Waals surface area contributed by atoms with E-state index in [1.807, 2.05) is 0 Å². The van der Waals surface area contributed by atoms with Crippen LogP contribution in [0.25, 0.3) is 0 Å². The van der Waals surface area contributed by atoms with E-state index in [0.29, 0.717) is 18.2 Å². The van der Waals surface area contributed by atoms with E-state index < -0.39 is 5.82 Å². The van der Waals surface area contributed by atoms with Gasteiger partial charge in [0, 0.05) is 18.2 Å². The molecule has 1 atom stereocenters. The van der Waals surface area contributed by atoms with Gasteiger partial charge in [-0.1, -0.05) is 18.6 Å². The van der Waals surface area contributed by atoms with E-state index in [0.717, 1.165) is 6.54 Å². The van der Waals surface area contributed by atoms with Crippen LogP contribution in [0.5, 0.6) is 5.75 Å². The molecule has 0 aliphatic carbocycles. The molecular formula is C13H18FNO. The standard InChI is InChI=1S/C13H18FNO/c1-10-5-2-3-8-15(10)9-11-6-4-7-12(14)13(11)16/h4,6-7,10,16H,2-3,5,8-9H2,1H3. The fraction of sp³-hybridized carbons (Fsp3) is 0.538. The maximum Gasteiger partial charge on any atom is 0.165 e. The number of phenolic OH excluding ortho intramolecular Hbond substituents is 1. The van der Waals surface area contributed by atoms with Gasteiger partial charge in [0.05, 0.1) is 0 Å². The SMILES string of the molecule is CC1CCCCN1Cc1cccc(F)c1O. The van der Waals surface area contributed by atoms with Crippen LogP contribution < -0.4 is 0 Å². The molecule has 1 aliphatic rings. The molecule has 1 aliphatic heterocycles. The molecule has 1 aromatic rings. The van der Waals surface area contributed by atoms with Gasteiger partial charge in [0.15, 0.2) is 11.6 Å². The van der Waals surface area contributed by atoms with Gasteiger partial charge in [0.1, 0.15) is 0 Å². The van der Waals surface area contributed by atoms with E-state index in [4.69, 9.17) is 0 Å². The molecule has 0 amide bonds. The van der Waals surface area contributed by atoms with Crippen LogP contribution >= 0.6 is 0 Å². The zero-order valence-electron chi connectivity index (χ0n) is 9.62. The van der Waals surface area contributed by atoms with Gasteiger partial charge in [-0.25, -0.2) is 4.39 Å². The van der Waals surface area contributed by atoms with Crippen LogP contribution in [0.15, 0.2) is 18.2 Å². The van der Waals surface area contributed by atoms with Gasteiger partial charge in [-0.15, -0.1) is 0 Å². The lowest BCUT2D eigenvalue weighted by Gasteiger charge is -2.33. The molecule has 16 heavy (non-hydrogen) atoms. The highest BCUT2D eigenvalue weighted by Crippen LogP contribution is 2.25. The summed E-state index contributed by atoms with van der Waals surface area (Å²) in [5.41, 5.74) is 0.689. The zero-order valence-corrected chi connectivity index (χ0v) is 9.62. The highest BCUT2D eigenvalue weighted by Gasteiger charge is 2.19. The molecule has 1 saturated heterocycles. The normalized spacial score (nSPS) is 22.2. The number of rotatable bonds is 2. The van der Waals surface area contributed by atoms with Gasteiger partial charge in [-0.05, 0) is 32.4 Å². The molecule has 0 spiro atoms. The topological polar surface area (TPSA) is 23.5 Å². The van der Waals surface area contributed by atoms with Gasteiger partial charge in [-0.2, -0.15) is 0 Å². The first-order chi connectivity index (χ1) is 7.68. The predicted molar refractivity (Wildman–Crippen MR) is 61.8 cm³/mol. The van der Waals surface area contributed by atoms with E-state index in [9.17, 15) is 9.50 Å². The van der Waals surface area contributed by atoms with Crippen molar-refractivity contribution in [2.75, 3.05) is 6.54 Å². The first-order valence-corrected chi connectivity index (χ1v) is 5.89. The minimum Gasteiger partial charge on any atom is -0.505 e. The number of hydrogen-bond donors (Lipinski definition) is 1. The van der Waals surface area contributed by atoms with E-state index >= 15 is 0 Å². The number of halogens is 1. The van der Waals surface area contributed by atoms with Crippen LogP contribution in [0.2, 0.25) is 0 Å². The number of nitrogens with zero attached hydrogens (tertiary/aromatic N) is 1. The molecule has 1 unspecified atom stereocenters. The quantitative estimate of drug-likeness (QED) is 0.833. The van der Waals surface area contributed by atoms with Crippen molar-refractivity contribution in [3.63, 3.8) is 0 Å². The summed E-state index contributed by atoms with van der Waals surface area (Å²) in [6, 6.07) is 5.26. The largest absolute Gasteiger partial charge is 0.505 e. The number of phenols is 1. The second-order valence-corrected chi connectivity index (χ2v) is 4.56. The Bertz CT molecular complexity index is 367. The molecule has 1 heterocycles. The molecule has 0 radical (unpaired) electrons. The third-order valence-electron chi connectivity index (χ3n) is 3.38. The maximum absolute atomic E-state index is 13.2. The molecule has 1 aromatic carbocycles. The third kappa shape index (κ3) is 2.35. The third-order valence-corrected chi connectivity index (χ3v) is 3.38. The van der Waals surface area contributed by atoms with Crippen LogP contribution in [-0.4, -0.2) is 22.6 Å². The Morgan fingerprint density at radius 3 is 3.00 bits per heavy atom. The van der Waals surface area contributed by atoms with Crippen LogP contribution in [0.1, 0.15) is 31.7 Å². The summed E-state index contributed by atoms with van der Waals surface area (Å²) in [4.78, 5) is 2.30. The average Bonchev–Trinajstić information content (AvgIpc) is 2.28.